The molecule has 0 atom stereocenters. The van der Waals surface area contributed by atoms with Gasteiger partial charge >= 0.3 is 0 Å². The molecule has 8 heteroatoms. The topological polar surface area (TPSA) is 91.2 Å². The molecule has 0 spiro atoms. The molecule has 0 unspecified atom stereocenters. The molecular weight excluding hydrogens is 273 g/mol. The molecule has 0 amide bonds. The summed E-state index contributed by atoms with van der Waals surface area (Å²) < 4.78 is 45.5. The predicted molar refractivity (Wildman–Crippen MR) is 66.8 cm³/mol. The summed E-state index contributed by atoms with van der Waals surface area (Å²) >= 11 is 0. The lowest BCUT2D eigenvalue weighted by molar-refractivity contribution is 0.204. The Bertz CT molecular complexity index is 569. The second-order valence-electron chi connectivity index (χ2n) is 3.63. The van der Waals surface area contributed by atoms with E-state index in [1.165, 1.54) is 19.2 Å². The van der Waals surface area contributed by atoms with Crippen molar-refractivity contribution in [1.82, 2.24) is 9.44 Å². The number of methoxy groups -OCH3 is 1. The highest BCUT2D eigenvalue weighted by Crippen LogP contribution is 2.09. The lowest BCUT2D eigenvalue weighted by Crippen LogP contribution is -2.37. The fourth-order valence-electron chi connectivity index (χ4n) is 1.26. The number of hydrogen-bond acceptors (Lipinski definition) is 4. The van der Waals surface area contributed by atoms with Crippen molar-refractivity contribution in [3.8, 4) is 6.07 Å². The van der Waals surface area contributed by atoms with E-state index >= 15 is 0 Å². The van der Waals surface area contributed by atoms with Crippen LogP contribution >= 0.6 is 0 Å². The van der Waals surface area contributed by atoms with Crippen LogP contribution in [0, 0.1) is 17.1 Å². The number of nitriles is 1. The highest BCUT2D eigenvalue weighted by Gasteiger charge is 2.10. The monoisotopic (exact) mass is 287 g/mol. The van der Waals surface area contributed by atoms with Crippen LogP contribution in [0.5, 0.6) is 0 Å². The van der Waals surface area contributed by atoms with E-state index in [0.717, 1.165) is 6.07 Å². The molecule has 0 bridgehead atoms. The summed E-state index contributed by atoms with van der Waals surface area (Å²) in [6.07, 6.45) is 0. The molecule has 1 aromatic rings. The van der Waals surface area contributed by atoms with E-state index in [1.54, 1.807) is 6.07 Å². The molecule has 104 valence electrons. The largest absolute Gasteiger partial charge is 0.383 e. The van der Waals surface area contributed by atoms with Crippen LogP contribution < -0.4 is 9.44 Å². The van der Waals surface area contributed by atoms with E-state index in [9.17, 15) is 12.8 Å². The number of nitrogens with one attached hydrogen (secondary N) is 2. The third kappa shape index (κ3) is 5.32. The van der Waals surface area contributed by atoms with Gasteiger partial charge in [0.2, 0.25) is 0 Å². The van der Waals surface area contributed by atoms with Gasteiger partial charge in [-0.2, -0.15) is 23.1 Å². The van der Waals surface area contributed by atoms with Gasteiger partial charge in [-0.3, -0.25) is 0 Å². The molecule has 19 heavy (non-hydrogen) atoms. The first-order valence-corrected chi connectivity index (χ1v) is 6.88. The van der Waals surface area contributed by atoms with Crippen molar-refractivity contribution in [3.05, 3.63) is 35.1 Å². The Hall–Kier alpha value is -1.53. The van der Waals surface area contributed by atoms with E-state index in [4.69, 9.17) is 10.00 Å². The number of nitrogens with zero attached hydrogens (tertiary/aromatic N) is 1. The molecule has 0 saturated heterocycles. The van der Waals surface area contributed by atoms with Crippen molar-refractivity contribution in [2.24, 2.45) is 0 Å². The van der Waals surface area contributed by atoms with Crippen LogP contribution in [0.15, 0.2) is 18.2 Å². The molecule has 0 fully saturated rings. The fourth-order valence-corrected chi connectivity index (χ4v) is 2.06. The Morgan fingerprint density at radius 2 is 2.16 bits per heavy atom. The summed E-state index contributed by atoms with van der Waals surface area (Å²) in [6, 6.07) is 5.64. The van der Waals surface area contributed by atoms with Crippen molar-refractivity contribution in [1.29, 1.82) is 5.26 Å². The summed E-state index contributed by atoms with van der Waals surface area (Å²) in [5.74, 6) is -0.626. The van der Waals surface area contributed by atoms with Crippen LogP contribution in [0.1, 0.15) is 11.1 Å². The van der Waals surface area contributed by atoms with Crippen molar-refractivity contribution in [2.75, 3.05) is 20.3 Å². The molecule has 1 rings (SSSR count). The SMILES string of the molecule is COCCNS(=O)(=O)NCc1ccc(C#N)cc1F. The van der Waals surface area contributed by atoms with Gasteiger partial charge in [-0.1, -0.05) is 6.07 Å². The van der Waals surface area contributed by atoms with Gasteiger partial charge in [0, 0.05) is 25.8 Å². The number of hydrogen-bond donors (Lipinski definition) is 2. The molecule has 0 saturated carbocycles. The first-order valence-electron chi connectivity index (χ1n) is 5.40. The minimum Gasteiger partial charge on any atom is -0.383 e. The van der Waals surface area contributed by atoms with Crippen molar-refractivity contribution in [3.63, 3.8) is 0 Å². The third-order valence-electron chi connectivity index (χ3n) is 2.23. The number of ether oxygens (including phenoxy) is 1. The van der Waals surface area contributed by atoms with Gasteiger partial charge in [-0.05, 0) is 12.1 Å². The smallest absolute Gasteiger partial charge is 0.277 e. The fraction of sp³-hybridized carbons (Fsp3) is 0.364. The summed E-state index contributed by atoms with van der Waals surface area (Å²) in [5.41, 5.74) is 0.346. The molecule has 1 aromatic carbocycles. The highest BCUT2D eigenvalue weighted by atomic mass is 32.2. The van der Waals surface area contributed by atoms with Crippen LogP contribution in [-0.4, -0.2) is 28.7 Å². The first-order chi connectivity index (χ1) is 8.98. The van der Waals surface area contributed by atoms with Crippen LogP contribution in [0.4, 0.5) is 4.39 Å². The molecular formula is C11H14FN3O3S. The maximum atomic E-state index is 13.5. The Balaban J connectivity index is 2.59. The average molecular weight is 287 g/mol. The molecule has 0 aliphatic carbocycles. The summed E-state index contributed by atoms with van der Waals surface area (Å²) in [7, 11) is -2.24. The molecule has 0 radical (unpaired) electrons. The summed E-state index contributed by atoms with van der Waals surface area (Å²) in [6.45, 7) is 0.174. The molecule has 0 aliphatic heterocycles. The zero-order chi connectivity index (χ0) is 14.3. The average Bonchev–Trinajstić information content (AvgIpc) is 2.37. The second-order valence-corrected chi connectivity index (χ2v) is 5.21. The van der Waals surface area contributed by atoms with Crippen LogP contribution in [0.2, 0.25) is 0 Å². The maximum Gasteiger partial charge on any atom is 0.277 e. The van der Waals surface area contributed by atoms with Crippen LogP contribution in [0.25, 0.3) is 0 Å². The van der Waals surface area contributed by atoms with E-state index < -0.39 is 16.0 Å². The Morgan fingerprint density at radius 3 is 2.74 bits per heavy atom. The second kappa shape index (κ2) is 7.16. The van der Waals surface area contributed by atoms with E-state index in [2.05, 4.69) is 9.44 Å². The van der Waals surface area contributed by atoms with Gasteiger partial charge in [0.1, 0.15) is 5.82 Å². The highest BCUT2D eigenvalue weighted by molar-refractivity contribution is 7.87. The van der Waals surface area contributed by atoms with Crippen molar-refractivity contribution in [2.45, 2.75) is 6.54 Å². The predicted octanol–water partition coefficient (Wildman–Crippen LogP) is 0.268. The van der Waals surface area contributed by atoms with Gasteiger partial charge < -0.3 is 4.74 Å². The third-order valence-corrected chi connectivity index (χ3v) is 3.34. The quantitative estimate of drug-likeness (QED) is 0.704. The van der Waals surface area contributed by atoms with Crippen LogP contribution in [-0.2, 0) is 21.5 Å². The van der Waals surface area contributed by atoms with E-state index in [1.807, 2.05) is 0 Å². The maximum absolute atomic E-state index is 13.5. The molecule has 0 aliphatic rings. The Labute approximate surface area is 111 Å². The van der Waals surface area contributed by atoms with Crippen molar-refractivity contribution >= 4 is 10.2 Å². The van der Waals surface area contributed by atoms with E-state index in [0.29, 0.717) is 0 Å². The number of halogens is 1. The number of rotatable bonds is 7. The van der Waals surface area contributed by atoms with Gasteiger partial charge in [0.25, 0.3) is 10.2 Å². The lowest BCUT2D eigenvalue weighted by Gasteiger charge is -2.08. The van der Waals surface area contributed by atoms with Gasteiger partial charge in [-0.25, -0.2) is 4.39 Å². The van der Waals surface area contributed by atoms with Crippen molar-refractivity contribution < 1.29 is 17.5 Å². The molecule has 2 N–H and O–H groups in total. The van der Waals surface area contributed by atoms with Crippen LogP contribution in [0.3, 0.4) is 0 Å². The first kappa shape index (κ1) is 15.5. The van der Waals surface area contributed by atoms with Gasteiger partial charge in [0.15, 0.2) is 0 Å². The summed E-state index contributed by atoms with van der Waals surface area (Å²) in [4.78, 5) is 0. The van der Waals surface area contributed by atoms with Gasteiger partial charge in [-0.15, -0.1) is 0 Å². The standard InChI is InChI=1S/C11H14FN3O3S/c1-18-5-4-14-19(16,17)15-8-10-3-2-9(7-13)6-11(10)12/h2-3,6,14-15H,4-5,8H2,1H3. The zero-order valence-electron chi connectivity index (χ0n) is 10.3. The minimum absolute atomic E-state index is 0.127. The lowest BCUT2D eigenvalue weighted by atomic mass is 10.1. The zero-order valence-corrected chi connectivity index (χ0v) is 11.1. The summed E-state index contributed by atoms with van der Waals surface area (Å²) in [5, 5.41) is 8.58. The molecule has 6 nitrogen and oxygen atoms in total. The molecule has 0 aromatic heterocycles. The number of benzene rings is 1. The normalized spacial score (nSPS) is 11.2. The minimum atomic E-state index is -3.70. The molecule has 0 heterocycles. The van der Waals surface area contributed by atoms with Gasteiger partial charge in [0.05, 0.1) is 18.2 Å². The Morgan fingerprint density at radius 1 is 1.42 bits per heavy atom. The van der Waals surface area contributed by atoms with E-state index in [-0.39, 0.29) is 30.8 Å². The Kier molecular flexibility index (Phi) is 5.85.